The lowest BCUT2D eigenvalue weighted by Crippen LogP contribution is -2.02. The SMILES string of the molecule is Nc1c(Cl)cc(Br)c(C(=O)O)c1Br. The van der Waals surface area contributed by atoms with Gasteiger partial charge in [0.05, 0.1) is 20.7 Å². The van der Waals surface area contributed by atoms with Crippen LogP contribution >= 0.6 is 43.5 Å². The molecule has 0 atom stereocenters. The smallest absolute Gasteiger partial charge is 0.338 e. The lowest BCUT2D eigenvalue weighted by atomic mass is 10.2. The van der Waals surface area contributed by atoms with E-state index in [4.69, 9.17) is 22.4 Å². The van der Waals surface area contributed by atoms with Crippen LogP contribution in [0.1, 0.15) is 10.4 Å². The van der Waals surface area contributed by atoms with Crippen LogP contribution in [0.4, 0.5) is 5.69 Å². The van der Waals surface area contributed by atoms with E-state index < -0.39 is 5.97 Å². The Bertz CT molecular complexity index is 381. The zero-order valence-corrected chi connectivity index (χ0v) is 10.1. The first-order chi connectivity index (χ1) is 5.95. The summed E-state index contributed by atoms with van der Waals surface area (Å²) in [5.41, 5.74) is 5.82. The average Bonchev–Trinajstić information content (AvgIpc) is 1.99. The van der Waals surface area contributed by atoms with Crippen LogP contribution in [0.5, 0.6) is 0 Å². The highest BCUT2D eigenvalue weighted by molar-refractivity contribution is 9.11. The third-order valence-electron chi connectivity index (χ3n) is 1.42. The van der Waals surface area contributed by atoms with Crippen molar-refractivity contribution in [3.8, 4) is 0 Å². The molecule has 0 amide bonds. The summed E-state index contributed by atoms with van der Waals surface area (Å²) in [6, 6.07) is 1.45. The predicted octanol–water partition coefficient (Wildman–Crippen LogP) is 3.15. The highest BCUT2D eigenvalue weighted by atomic mass is 79.9. The van der Waals surface area contributed by atoms with Gasteiger partial charge in [0, 0.05) is 4.47 Å². The molecule has 70 valence electrons. The molecule has 0 spiro atoms. The fourth-order valence-corrected chi connectivity index (χ4v) is 2.71. The number of benzene rings is 1. The van der Waals surface area contributed by atoms with E-state index in [1.807, 2.05) is 0 Å². The van der Waals surface area contributed by atoms with Crippen LogP contribution in [-0.4, -0.2) is 11.1 Å². The third kappa shape index (κ3) is 1.98. The third-order valence-corrected chi connectivity index (χ3v) is 3.18. The maximum atomic E-state index is 10.7. The van der Waals surface area contributed by atoms with Gasteiger partial charge in [-0.2, -0.15) is 0 Å². The second-order valence-corrected chi connectivity index (χ2v) is 4.30. The van der Waals surface area contributed by atoms with Crippen LogP contribution in [0.3, 0.4) is 0 Å². The Morgan fingerprint density at radius 2 is 2.08 bits per heavy atom. The molecule has 0 aromatic heterocycles. The summed E-state index contributed by atoms with van der Waals surface area (Å²) < 4.78 is 0.686. The summed E-state index contributed by atoms with van der Waals surface area (Å²) in [5.74, 6) is -1.07. The molecule has 0 bridgehead atoms. The molecule has 0 unspecified atom stereocenters. The first kappa shape index (κ1) is 10.8. The quantitative estimate of drug-likeness (QED) is 0.778. The van der Waals surface area contributed by atoms with E-state index in [2.05, 4.69) is 31.9 Å². The van der Waals surface area contributed by atoms with Gasteiger partial charge in [0.15, 0.2) is 0 Å². The van der Waals surface area contributed by atoms with Gasteiger partial charge >= 0.3 is 5.97 Å². The number of nitrogens with two attached hydrogens (primary N) is 1. The summed E-state index contributed by atoms with van der Waals surface area (Å²) in [7, 11) is 0. The lowest BCUT2D eigenvalue weighted by Gasteiger charge is -2.06. The van der Waals surface area contributed by atoms with Crippen molar-refractivity contribution in [1.82, 2.24) is 0 Å². The Labute approximate surface area is 96.1 Å². The molecule has 3 N–H and O–H groups in total. The minimum Gasteiger partial charge on any atom is -0.478 e. The zero-order valence-electron chi connectivity index (χ0n) is 6.14. The number of carbonyl (C=O) groups is 1. The van der Waals surface area contributed by atoms with Crippen molar-refractivity contribution in [2.24, 2.45) is 0 Å². The minimum absolute atomic E-state index is 0.0712. The highest BCUT2D eigenvalue weighted by Gasteiger charge is 2.17. The molecule has 0 heterocycles. The fourth-order valence-electron chi connectivity index (χ4n) is 0.802. The van der Waals surface area contributed by atoms with Crippen molar-refractivity contribution >= 4 is 55.1 Å². The van der Waals surface area contributed by atoms with Crippen molar-refractivity contribution in [3.63, 3.8) is 0 Å². The second kappa shape index (κ2) is 3.86. The number of carboxylic acids is 1. The van der Waals surface area contributed by atoms with Gasteiger partial charge in [-0.3, -0.25) is 0 Å². The molecule has 1 rings (SSSR count). The highest BCUT2D eigenvalue weighted by Crippen LogP contribution is 2.36. The molecule has 0 aliphatic heterocycles. The van der Waals surface area contributed by atoms with Crippen molar-refractivity contribution < 1.29 is 9.90 Å². The molecule has 13 heavy (non-hydrogen) atoms. The Balaban J connectivity index is 3.53. The van der Waals surface area contributed by atoms with E-state index in [0.717, 1.165) is 0 Å². The molecule has 0 saturated heterocycles. The van der Waals surface area contributed by atoms with Gasteiger partial charge in [0.1, 0.15) is 0 Å². The van der Waals surface area contributed by atoms with E-state index in [0.29, 0.717) is 14.0 Å². The molecule has 0 saturated carbocycles. The van der Waals surface area contributed by atoms with Crippen LogP contribution in [0.25, 0.3) is 0 Å². The number of rotatable bonds is 1. The molecular formula is C7H4Br2ClNO2. The number of halogens is 3. The molecule has 1 aromatic rings. The van der Waals surface area contributed by atoms with Crippen LogP contribution in [0, 0.1) is 0 Å². The van der Waals surface area contributed by atoms with Gasteiger partial charge < -0.3 is 10.8 Å². The van der Waals surface area contributed by atoms with E-state index in [9.17, 15) is 4.79 Å². The van der Waals surface area contributed by atoms with Gasteiger partial charge in [0.25, 0.3) is 0 Å². The van der Waals surface area contributed by atoms with E-state index in [1.165, 1.54) is 6.07 Å². The maximum Gasteiger partial charge on any atom is 0.338 e. The van der Waals surface area contributed by atoms with E-state index >= 15 is 0 Å². The summed E-state index contributed by atoms with van der Waals surface area (Å²) in [6.07, 6.45) is 0. The molecular weight excluding hydrogens is 325 g/mol. The molecule has 6 heteroatoms. The molecule has 0 fully saturated rings. The van der Waals surface area contributed by atoms with Crippen LogP contribution in [-0.2, 0) is 0 Å². The normalized spacial score (nSPS) is 10.1. The van der Waals surface area contributed by atoms with Crippen molar-refractivity contribution in [1.29, 1.82) is 0 Å². The van der Waals surface area contributed by atoms with Gasteiger partial charge in [-0.05, 0) is 37.9 Å². The van der Waals surface area contributed by atoms with Gasteiger partial charge in [-0.15, -0.1) is 0 Å². The van der Waals surface area contributed by atoms with E-state index in [1.54, 1.807) is 0 Å². The Hall–Kier alpha value is -0.260. The molecule has 0 radical (unpaired) electrons. The Morgan fingerprint density at radius 3 is 2.54 bits per heavy atom. The molecule has 3 nitrogen and oxygen atoms in total. The molecule has 0 aliphatic rings. The molecule has 0 aliphatic carbocycles. The topological polar surface area (TPSA) is 63.3 Å². The van der Waals surface area contributed by atoms with E-state index in [-0.39, 0.29) is 11.3 Å². The number of hydrogen-bond donors (Lipinski definition) is 2. The number of anilines is 1. The van der Waals surface area contributed by atoms with Crippen LogP contribution in [0.15, 0.2) is 15.0 Å². The molecule has 1 aromatic carbocycles. The summed E-state index contributed by atoms with van der Waals surface area (Å²) in [6.45, 7) is 0. The Morgan fingerprint density at radius 1 is 1.54 bits per heavy atom. The van der Waals surface area contributed by atoms with Crippen molar-refractivity contribution in [3.05, 3.63) is 25.6 Å². The van der Waals surface area contributed by atoms with Crippen molar-refractivity contribution in [2.45, 2.75) is 0 Å². The van der Waals surface area contributed by atoms with Crippen molar-refractivity contribution in [2.75, 3.05) is 5.73 Å². The monoisotopic (exact) mass is 327 g/mol. The summed E-state index contributed by atoms with van der Waals surface area (Å²) in [4.78, 5) is 10.7. The second-order valence-electron chi connectivity index (χ2n) is 2.25. The minimum atomic E-state index is -1.07. The van der Waals surface area contributed by atoms with Gasteiger partial charge in [-0.1, -0.05) is 11.6 Å². The van der Waals surface area contributed by atoms with Crippen LogP contribution < -0.4 is 5.73 Å². The number of carboxylic acid groups (broad SMARTS) is 1. The first-order valence-corrected chi connectivity index (χ1v) is 5.07. The standard InChI is InChI=1S/C7H4Br2ClNO2/c8-2-1-3(10)6(11)5(9)4(2)7(12)13/h1H,11H2,(H,12,13). The Kier molecular flexibility index (Phi) is 3.21. The van der Waals surface area contributed by atoms with Gasteiger partial charge in [0.2, 0.25) is 0 Å². The van der Waals surface area contributed by atoms with Gasteiger partial charge in [-0.25, -0.2) is 4.79 Å². The van der Waals surface area contributed by atoms with Crippen LogP contribution in [0.2, 0.25) is 5.02 Å². The first-order valence-electron chi connectivity index (χ1n) is 3.11. The number of hydrogen-bond acceptors (Lipinski definition) is 2. The largest absolute Gasteiger partial charge is 0.478 e. The summed E-state index contributed by atoms with van der Waals surface area (Å²) >= 11 is 11.9. The predicted molar refractivity (Wildman–Crippen MR) is 58.2 cm³/mol. The zero-order chi connectivity index (χ0) is 10.2. The number of nitrogen functional groups attached to an aromatic ring is 1. The average molecular weight is 329 g/mol. The fraction of sp³-hybridized carbons (Fsp3) is 0. The maximum absolute atomic E-state index is 10.7. The number of aromatic carboxylic acids is 1. The lowest BCUT2D eigenvalue weighted by molar-refractivity contribution is 0.0695. The summed E-state index contributed by atoms with van der Waals surface area (Å²) in [5, 5.41) is 9.11.